The molecule has 30 heavy (non-hydrogen) atoms. The van der Waals surface area contributed by atoms with Gasteiger partial charge in [-0.15, -0.1) is 0 Å². The SMILES string of the molecule is Cc1cc(C)cc(COCC(C2c3ccccc3CCc3ccccc32)N(C)C)c1. The minimum Gasteiger partial charge on any atom is -0.375 e. The van der Waals surface area contributed by atoms with E-state index in [1.54, 1.807) is 0 Å². The molecule has 0 saturated heterocycles. The van der Waals surface area contributed by atoms with Gasteiger partial charge >= 0.3 is 0 Å². The van der Waals surface area contributed by atoms with Crippen LogP contribution in [0.25, 0.3) is 0 Å². The summed E-state index contributed by atoms with van der Waals surface area (Å²) in [6.07, 6.45) is 2.21. The number of hydrogen-bond donors (Lipinski definition) is 0. The van der Waals surface area contributed by atoms with Crippen molar-refractivity contribution in [3.8, 4) is 0 Å². The van der Waals surface area contributed by atoms with E-state index in [0.717, 1.165) is 12.8 Å². The van der Waals surface area contributed by atoms with E-state index in [1.165, 1.54) is 38.9 Å². The number of hydrogen-bond acceptors (Lipinski definition) is 2. The Morgan fingerprint density at radius 2 is 1.37 bits per heavy atom. The Labute approximate surface area is 181 Å². The number of ether oxygens (including phenoxy) is 1. The summed E-state index contributed by atoms with van der Waals surface area (Å²) in [5, 5.41) is 0. The van der Waals surface area contributed by atoms with Gasteiger partial charge in [-0.05, 0) is 68.6 Å². The topological polar surface area (TPSA) is 12.5 Å². The maximum Gasteiger partial charge on any atom is 0.0717 e. The number of likely N-dealkylation sites (N-methyl/N-ethyl adjacent to an activating group) is 1. The van der Waals surface area contributed by atoms with Crippen LogP contribution >= 0.6 is 0 Å². The van der Waals surface area contributed by atoms with Crippen LogP contribution in [0.5, 0.6) is 0 Å². The van der Waals surface area contributed by atoms with Gasteiger partial charge in [-0.2, -0.15) is 0 Å². The van der Waals surface area contributed by atoms with Crippen molar-refractivity contribution in [3.63, 3.8) is 0 Å². The van der Waals surface area contributed by atoms with Crippen molar-refractivity contribution in [2.45, 2.75) is 45.3 Å². The lowest BCUT2D eigenvalue weighted by atomic mass is 9.82. The van der Waals surface area contributed by atoms with Crippen molar-refractivity contribution in [3.05, 3.63) is 106 Å². The van der Waals surface area contributed by atoms with E-state index in [4.69, 9.17) is 4.74 Å². The third-order valence-electron chi connectivity index (χ3n) is 6.33. The second-order valence-electron chi connectivity index (χ2n) is 8.92. The second kappa shape index (κ2) is 9.16. The standard InChI is InChI=1S/C28H33NO/c1-20-15-21(2)17-22(16-20)18-30-19-27(29(3)4)28-25-11-7-5-9-23(25)13-14-24-10-6-8-12-26(24)28/h5-12,15-17,27-28H,13-14,18-19H2,1-4H3. The fourth-order valence-corrected chi connectivity index (χ4v) is 4.98. The number of fused-ring (bicyclic) bond motifs is 2. The van der Waals surface area contributed by atoms with Crippen LogP contribution in [0, 0.1) is 13.8 Å². The highest BCUT2D eigenvalue weighted by molar-refractivity contribution is 5.46. The lowest BCUT2D eigenvalue weighted by Gasteiger charge is -2.34. The minimum absolute atomic E-state index is 0.274. The molecule has 1 aliphatic carbocycles. The molecule has 0 radical (unpaired) electrons. The van der Waals surface area contributed by atoms with Gasteiger partial charge in [-0.25, -0.2) is 0 Å². The zero-order chi connectivity index (χ0) is 21.1. The van der Waals surface area contributed by atoms with Crippen LogP contribution in [0.2, 0.25) is 0 Å². The van der Waals surface area contributed by atoms with Crippen LogP contribution in [0.3, 0.4) is 0 Å². The first-order valence-corrected chi connectivity index (χ1v) is 11.0. The van der Waals surface area contributed by atoms with Crippen molar-refractivity contribution in [2.24, 2.45) is 0 Å². The van der Waals surface area contributed by atoms with Crippen LogP contribution in [-0.4, -0.2) is 31.6 Å². The maximum absolute atomic E-state index is 6.34. The van der Waals surface area contributed by atoms with Crippen molar-refractivity contribution < 1.29 is 4.74 Å². The quantitative estimate of drug-likeness (QED) is 0.529. The molecule has 3 aromatic carbocycles. The second-order valence-corrected chi connectivity index (χ2v) is 8.92. The molecule has 156 valence electrons. The molecule has 0 bridgehead atoms. The fraction of sp³-hybridized carbons (Fsp3) is 0.357. The summed E-state index contributed by atoms with van der Waals surface area (Å²) >= 11 is 0. The van der Waals surface area contributed by atoms with Crippen LogP contribution in [0.1, 0.15) is 44.9 Å². The summed E-state index contributed by atoms with van der Waals surface area (Å²) in [4.78, 5) is 2.34. The molecule has 0 aliphatic heterocycles. The Hall–Kier alpha value is -2.42. The molecule has 0 aromatic heterocycles. The summed E-state index contributed by atoms with van der Waals surface area (Å²) in [5.74, 6) is 0.314. The Bertz CT molecular complexity index is 939. The highest BCUT2D eigenvalue weighted by Crippen LogP contribution is 2.38. The van der Waals surface area contributed by atoms with Gasteiger partial charge in [0.25, 0.3) is 0 Å². The Balaban J connectivity index is 1.63. The Morgan fingerprint density at radius 3 is 1.90 bits per heavy atom. The van der Waals surface area contributed by atoms with E-state index >= 15 is 0 Å². The molecule has 3 aromatic rings. The molecule has 1 atom stereocenters. The highest BCUT2D eigenvalue weighted by Gasteiger charge is 2.31. The number of benzene rings is 3. The number of aryl methyl sites for hydroxylation is 4. The van der Waals surface area contributed by atoms with Gasteiger partial charge in [-0.1, -0.05) is 77.9 Å². The molecule has 2 heteroatoms. The predicted molar refractivity (Wildman–Crippen MR) is 125 cm³/mol. The van der Waals surface area contributed by atoms with E-state index < -0.39 is 0 Å². The largest absolute Gasteiger partial charge is 0.375 e. The van der Waals surface area contributed by atoms with E-state index in [-0.39, 0.29) is 6.04 Å². The third kappa shape index (κ3) is 4.50. The lowest BCUT2D eigenvalue weighted by Crippen LogP contribution is -2.39. The molecule has 0 N–H and O–H groups in total. The van der Waals surface area contributed by atoms with E-state index in [1.807, 2.05) is 0 Å². The molecule has 0 fully saturated rings. The normalized spacial score (nSPS) is 14.8. The maximum atomic E-state index is 6.34. The van der Waals surface area contributed by atoms with Gasteiger partial charge in [0.1, 0.15) is 0 Å². The molecule has 1 aliphatic rings. The average Bonchev–Trinajstić information content (AvgIpc) is 2.87. The predicted octanol–water partition coefficient (Wildman–Crippen LogP) is 5.68. The van der Waals surface area contributed by atoms with Crippen molar-refractivity contribution in [2.75, 3.05) is 20.7 Å². The minimum atomic E-state index is 0.274. The van der Waals surface area contributed by atoms with Crippen LogP contribution in [-0.2, 0) is 24.2 Å². The monoisotopic (exact) mass is 399 g/mol. The smallest absolute Gasteiger partial charge is 0.0717 e. The van der Waals surface area contributed by atoms with Crippen LogP contribution in [0.15, 0.2) is 66.7 Å². The summed E-state index contributed by atoms with van der Waals surface area (Å²) < 4.78 is 6.34. The molecule has 0 saturated carbocycles. The molecular weight excluding hydrogens is 366 g/mol. The zero-order valence-corrected chi connectivity index (χ0v) is 18.7. The molecular formula is C28H33NO. The van der Waals surface area contributed by atoms with Gasteiger partial charge in [0.2, 0.25) is 0 Å². The van der Waals surface area contributed by atoms with E-state index in [2.05, 4.69) is 99.6 Å². The third-order valence-corrected chi connectivity index (χ3v) is 6.33. The Morgan fingerprint density at radius 1 is 0.833 bits per heavy atom. The fourth-order valence-electron chi connectivity index (χ4n) is 4.98. The summed E-state index contributed by atoms with van der Waals surface area (Å²) in [6, 6.07) is 24.9. The molecule has 0 amide bonds. The number of rotatable bonds is 6. The van der Waals surface area contributed by atoms with Crippen LogP contribution in [0.4, 0.5) is 0 Å². The van der Waals surface area contributed by atoms with Gasteiger partial charge in [0.05, 0.1) is 13.2 Å². The summed E-state index contributed by atoms with van der Waals surface area (Å²) in [7, 11) is 4.36. The molecule has 0 heterocycles. The summed E-state index contributed by atoms with van der Waals surface area (Å²) in [6.45, 7) is 5.66. The molecule has 1 unspecified atom stereocenters. The van der Waals surface area contributed by atoms with Crippen LogP contribution < -0.4 is 0 Å². The van der Waals surface area contributed by atoms with Crippen molar-refractivity contribution in [1.29, 1.82) is 0 Å². The van der Waals surface area contributed by atoms with E-state index in [0.29, 0.717) is 19.1 Å². The van der Waals surface area contributed by atoms with Gasteiger partial charge in [0, 0.05) is 12.0 Å². The first-order chi connectivity index (χ1) is 14.5. The molecule has 4 rings (SSSR count). The van der Waals surface area contributed by atoms with Gasteiger partial charge in [0.15, 0.2) is 0 Å². The van der Waals surface area contributed by atoms with Crippen molar-refractivity contribution >= 4 is 0 Å². The van der Waals surface area contributed by atoms with Crippen molar-refractivity contribution in [1.82, 2.24) is 4.90 Å². The highest BCUT2D eigenvalue weighted by atomic mass is 16.5. The van der Waals surface area contributed by atoms with Gasteiger partial charge < -0.3 is 9.64 Å². The molecule has 0 spiro atoms. The first-order valence-electron chi connectivity index (χ1n) is 11.0. The first kappa shape index (κ1) is 20.8. The Kier molecular flexibility index (Phi) is 6.36. The zero-order valence-electron chi connectivity index (χ0n) is 18.7. The average molecular weight is 400 g/mol. The molecule has 2 nitrogen and oxygen atoms in total. The number of nitrogens with zero attached hydrogens (tertiary/aromatic N) is 1. The summed E-state index contributed by atoms with van der Waals surface area (Å²) in [5.41, 5.74) is 9.70. The van der Waals surface area contributed by atoms with Gasteiger partial charge in [-0.3, -0.25) is 0 Å². The lowest BCUT2D eigenvalue weighted by molar-refractivity contribution is 0.0624. The van der Waals surface area contributed by atoms with E-state index in [9.17, 15) is 0 Å².